The molecule has 0 heterocycles. The molecule has 0 N–H and O–H groups in total. The molecular weight excluding hydrogens is 182 g/mol. The average Bonchev–Trinajstić information content (AvgIpc) is 2.18. The van der Waals surface area contributed by atoms with Crippen LogP contribution in [0.4, 0.5) is 0 Å². The summed E-state index contributed by atoms with van der Waals surface area (Å²) < 4.78 is 0. The van der Waals surface area contributed by atoms with Crippen LogP contribution in [0, 0.1) is 11.3 Å². The van der Waals surface area contributed by atoms with Crippen LogP contribution in [0.3, 0.4) is 0 Å². The summed E-state index contributed by atoms with van der Waals surface area (Å²) in [4.78, 5) is 0. The summed E-state index contributed by atoms with van der Waals surface area (Å²) in [5, 5.41) is 8.61. The fraction of sp³-hybridized carbons (Fsp3) is 0.364. The number of benzene rings is 1. The van der Waals surface area contributed by atoms with Crippen LogP contribution < -0.4 is 0 Å². The zero-order valence-corrected chi connectivity index (χ0v) is 8.60. The van der Waals surface area contributed by atoms with Gasteiger partial charge in [-0.15, -0.1) is 11.6 Å². The van der Waals surface area contributed by atoms with Crippen LogP contribution >= 0.6 is 11.6 Å². The molecule has 68 valence electrons. The fourth-order valence-corrected chi connectivity index (χ4v) is 1.23. The highest BCUT2D eigenvalue weighted by atomic mass is 35.5. The summed E-state index contributed by atoms with van der Waals surface area (Å²) in [7, 11) is 0. The second-order valence-corrected chi connectivity index (χ2v) is 3.97. The van der Waals surface area contributed by atoms with Crippen molar-refractivity contribution in [1.29, 1.82) is 5.26 Å². The number of halogens is 1. The average molecular weight is 194 g/mol. The molecule has 0 amide bonds. The Morgan fingerprint density at radius 2 is 1.85 bits per heavy atom. The van der Waals surface area contributed by atoms with E-state index in [0.29, 0.717) is 11.4 Å². The van der Waals surface area contributed by atoms with Crippen LogP contribution in [-0.2, 0) is 5.41 Å². The minimum atomic E-state index is -0.0183. The molecule has 0 unspecified atom stereocenters. The van der Waals surface area contributed by atoms with E-state index in [0.717, 1.165) is 0 Å². The lowest BCUT2D eigenvalue weighted by Crippen LogP contribution is -2.18. The van der Waals surface area contributed by atoms with E-state index < -0.39 is 0 Å². The molecule has 2 heteroatoms. The van der Waals surface area contributed by atoms with E-state index in [9.17, 15) is 0 Å². The highest BCUT2D eigenvalue weighted by Gasteiger charge is 2.18. The summed E-state index contributed by atoms with van der Waals surface area (Å²) in [6, 6.07) is 9.66. The maximum Gasteiger partial charge on any atom is 0.0991 e. The Morgan fingerprint density at radius 1 is 1.31 bits per heavy atom. The predicted octanol–water partition coefficient (Wildman–Crippen LogP) is 3.07. The van der Waals surface area contributed by atoms with Crippen LogP contribution in [0.15, 0.2) is 24.3 Å². The largest absolute Gasteiger partial charge is 0.192 e. The van der Waals surface area contributed by atoms with Gasteiger partial charge in [-0.2, -0.15) is 5.26 Å². The molecule has 0 aliphatic carbocycles. The monoisotopic (exact) mass is 193 g/mol. The van der Waals surface area contributed by atoms with Gasteiger partial charge in [0.1, 0.15) is 0 Å². The molecule has 0 atom stereocenters. The molecule has 0 bridgehead atoms. The summed E-state index contributed by atoms with van der Waals surface area (Å²) in [5.74, 6) is 0.582. The molecular formula is C11H12ClN. The van der Waals surface area contributed by atoms with Gasteiger partial charge in [-0.3, -0.25) is 0 Å². The molecule has 0 radical (unpaired) electrons. The lowest BCUT2D eigenvalue weighted by molar-refractivity contribution is 0.598. The lowest BCUT2D eigenvalue weighted by Gasteiger charge is -2.21. The fourth-order valence-electron chi connectivity index (χ4n) is 1.07. The van der Waals surface area contributed by atoms with Gasteiger partial charge in [0, 0.05) is 11.3 Å². The Bertz CT molecular complexity index is 319. The van der Waals surface area contributed by atoms with Crippen LogP contribution in [0.25, 0.3) is 0 Å². The first-order valence-electron chi connectivity index (χ1n) is 4.17. The van der Waals surface area contributed by atoms with Crippen molar-refractivity contribution >= 4 is 11.6 Å². The van der Waals surface area contributed by atoms with E-state index in [2.05, 4.69) is 19.9 Å². The van der Waals surface area contributed by atoms with E-state index in [-0.39, 0.29) is 5.41 Å². The first-order chi connectivity index (χ1) is 6.10. The molecule has 0 saturated heterocycles. The Hall–Kier alpha value is -1.00. The van der Waals surface area contributed by atoms with Crippen LogP contribution in [-0.4, -0.2) is 5.88 Å². The summed E-state index contributed by atoms with van der Waals surface area (Å²) in [6.45, 7) is 4.17. The van der Waals surface area contributed by atoms with Crippen molar-refractivity contribution < 1.29 is 0 Å². The third-order valence-corrected chi connectivity index (χ3v) is 2.80. The van der Waals surface area contributed by atoms with Gasteiger partial charge in [0.05, 0.1) is 11.6 Å². The van der Waals surface area contributed by atoms with Crippen molar-refractivity contribution in [2.45, 2.75) is 19.3 Å². The van der Waals surface area contributed by atoms with Crippen molar-refractivity contribution in [1.82, 2.24) is 0 Å². The molecule has 1 rings (SSSR count). The molecule has 13 heavy (non-hydrogen) atoms. The predicted molar refractivity (Wildman–Crippen MR) is 54.9 cm³/mol. The standard InChI is InChI=1S/C11H12ClN/c1-11(2,8-12)10-5-3-9(7-13)4-6-10/h3-6H,8H2,1-2H3. The normalized spacial score (nSPS) is 10.9. The molecule has 0 aromatic heterocycles. The molecule has 0 aliphatic rings. The maximum absolute atomic E-state index is 8.61. The Labute approximate surface area is 84.0 Å². The van der Waals surface area contributed by atoms with Gasteiger partial charge in [0.2, 0.25) is 0 Å². The zero-order chi connectivity index (χ0) is 9.90. The Balaban J connectivity index is 3.00. The van der Waals surface area contributed by atoms with Crippen molar-refractivity contribution in [3.63, 3.8) is 0 Å². The minimum absolute atomic E-state index is 0.0183. The van der Waals surface area contributed by atoms with Crippen LogP contribution in [0.5, 0.6) is 0 Å². The van der Waals surface area contributed by atoms with Gasteiger partial charge in [0.25, 0.3) is 0 Å². The number of nitrogens with zero attached hydrogens (tertiary/aromatic N) is 1. The van der Waals surface area contributed by atoms with Crippen molar-refractivity contribution in [3.05, 3.63) is 35.4 Å². The van der Waals surface area contributed by atoms with Gasteiger partial charge in [-0.05, 0) is 17.7 Å². The molecule has 1 aromatic carbocycles. The summed E-state index contributed by atoms with van der Waals surface area (Å²) >= 11 is 5.84. The van der Waals surface area contributed by atoms with Gasteiger partial charge < -0.3 is 0 Å². The topological polar surface area (TPSA) is 23.8 Å². The van der Waals surface area contributed by atoms with Gasteiger partial charge in [0.15, 0.2) is 0 Å². The number of alkyl halides is 1. The van der Waals surface area contributed by atoms with Crippen molar-refractivity contribution in [3.8, 4) is 6.07 Å². The van der Waals surface area contributed by atoms with Crippen molar-refractivity contribution in [2.75, 3.05) is 5.88 Å². The summed E-state index contributed by atoms with van der Waals surface area (Å²) in [5.41, 5.74) is 1.84. The van der Waals surface area contributed by atoms with Gasteiger partial charge >= 0.3 is 0 Å². The van der Waals surface area contributed by atoms with Gasteiger partial charge in [-0.1, -0.05) is 26.0 Å². The first kappa shape index (κ1) is 10.1. The highest BCUT2D eigenvalue weighted by Crippen LogP contribution is 2.24. The SMILES string of the molecule is CC(C)(CCl)c1ccc(C#N)cc1. The number of nitriles is 1. The Kier molecular flexibility index (Phi) is 2.95. The second kappa shape index (κ2) is 3.81. The maximum atomic E-state index is 8.61. The van der Waals surface area contributed by atoms with Crippen LogP contribution in [0.1, 0.15) is 25.0 Å². The van der Waals surface area contributed by atoms with E-state index >= 15 is 0 Å². The number of hydrogen-bond donors (Lipinski definition) is 0. The van der Waals surface area contributed by atoms with Crippen LogP contribution in [0.2, 0.25) is 0 Å². The zero-order valence-electron chi connectivity index (χ0n) is 7.84. The van der Waals surface area contributed by atoms with Crippen molar-refractivity contribution in [2.24, 2.45) is 0 Å². The molecule has 0 fully saturated rings. The van der Waals surface area contributed by atoms with E-state index in [1.165, 1.54) is 5.56 Å². The quantitative estimate of drug-likeness (QED) is 0.663. The second-order valence-electron chi connectivity index (χ2n) is 3.71. The third kappa shape index (κ3) is 2.23. The Morgan fingerprint density at radius 3 is 2.23 bits per heavy atom. The smallest absolute Gasteiger partial charge is 0.0991 e. The molecule has 1 aromatic rings. The molecule has 0 saturated carbocycles. The van der Waals surface area contributed by atoms with E-state index in [4.69, 9.17) is 16.9 Å². The third-order valence-electron chi connectivity index (χ3n) is 2.13. The summed E-state index contributed by atoms with van der Waals surface area (Å²) in [6.07, 6.45) is 0. The lowest BCUT2D eigenvalue weighted by atomic mass is 9.86. The molecule has 0 aliphatic heterocycles. The number of rotatable bonds is 2. The molecule has 1 nitrogen and oxygen atoms in total. The number of hydrogen-bond acceptors (Lipinski definition) is 1. The van der Waals surface area contributed by atoms with Gasteiger partial charge in [-0.25, -0.2) is 0 Å². The highest BCUT2D eigenvalue weighted by molar-refractivity contribution is 6.18. The molecule has 0 spiro atoms. The van der Waals surface area contributed by atoms with E-state index in [1.807, 2.05) is 24.3 Å². The van der Waals surface area contributed by atoms with E-state index in [1.54, 1.807) is 0 Å². The minimum Gasteiger partial charge on any atom is -0.192 e. The first-order valence-corrected chi connectivity index (χ1v) is 4.70.